The summed E-state index contributed by atoms with van der Waals surface area (Å²) in [5.74, 6) is 0. The highest BCUT2D eigenvalue weighted by Gasteiger charge is 2.46. The lowest BCUT2D eigenvalue weighted by atomic mass is 9.71. The Bertz CT molecular complexity index is 334. The third-order valence-corrected chi connectivity index (χ3v) is 4.46. The van der Waals surface area contributed by atoms with Gasteiger partial charge in [0.15, 0.2) is 0 Å². The molecule has 0 amide bonds. The van der Waals surface area contributed by atoms with Gasteiger partial charge in [-0.3, -0.25) is 0 Å². The first-order valence-electron chi connectivity index (χ1n) is 7.89. The van der Waals surface area contributed by atoms with E-state index >= 15 is 0 Å². The van der Waals surface area contributed by atoms with Crippen molar-refractivity contribution in [3.8, 4) is 0 Å². The second kappa shape index (κ2) is 8.43. The first kappa shape index (κ1) is 17.2. The standard InChI is InChI=1S/C18H30O2/c1-3-5-6-7-10-15-18(20)16-12-9-8-11-14-17(18,19)13-4-2/h3-4,8-9,19-20H,1-2,5-7,10-16H2/t17-,18+/m1/s1. The van der Waals surface area contributed by atoms with Crippen LogP contribution in [-0.2, 0) is 0 Å². The van der Waals surface area contributed by atoms with Gasteiger partial charge >= 0.3 is 0 Å². The summed E-state index contributed by atoms with van der Waals surface area (Å²) in [6, 6.07) is 0. The zero-order chi connectivity index (χ0) is 14.9. The molecule has 0 spiro atoms. The Balaban J connectivity index is 2.68. The summed E-state index contributed by atoms with van der Waals surface area (Å²) in [7, 11) is 0. The van der Waals surface area contributed by atoms with E-state index in [9.17, 15) is 10.2 Å². The molecule has 20 heavy (non-hydrogen) atoms. The fourth-order valence-electron chi connectivity index (χ4n) is 3.12. The first-order valence-corrected chi connectivity index (χ1v) is 7.89. The van der Waals surface area contributed by atoms with E-state index in [-0.39, 0.29) is 0 Å². The van der Waals surface area contributed by atoms with Crippen LogP contribution in [0.25, 0.3) is 0 Å². The Hall–Kier alpha value is -0.860. The summed E-state index contributed by atoms with van der Waals surface area (Å²) in [5, 5.41) is 22.0. The number of rotatable bonds is 8. The van der Waals surface area contributed by atoms with Gasteiger partial charge in [0, 0.05) is 0 Å². The summed E-state index contributed by atoms with van der Waals surface area (Å²) in [6.45, 7) is 7.46. The zero-order valence-corrected chi connectivity index (χ0v) is 12.7. The first-order chi connectivity index (χ1) is 9.58. The van der Waals surface area contributed by atoms with Gasteiger partial charge in [-0.2, -0.15) is 0 Å². The number of hydrogen-bond donors (Lipinski definition) is 2. The summed E-state index contributed by atoms with van der Waals surface area (Å²) >= 11 is 0. The molecule has 2 atom stereocenters. The highest BCUT2D eigenvalue weighted by molar-refractivity contribution is 5.06. The maximum Gasteiger partial charge on any atom is 0.0970 e. The van der Waals surface area contributed by atoms with E-state index in [1.807, 2.05) is 6.08 Å². The molecule has 0 saturated carbocycles. The fourth-order valence-corrected chi connectivity index (χ4v) is 3.12. The topological polar surface area (TPSA) is 40.5 Å². The molecule has 0 aromatic carbocycles. The smallest absolute Gasteiger partial charge is 0.0970 e. The molecule has 0 radical (unpaired) electrons. The Labute approximate surface area is 123 Å². The fraction of sp³-hybridized carbons (Fsp3) is 0.667. The van der Waals surface area contributed by atoms with E-state index < -0.39 is 11.2 Å². The molecule has 1 aliphatic rings. The molecular formula is C18H30O2. The van der Waals surface area contributed by atoms with Crippen molar-refractivity contribution in [3.63, 3.8) is 0 Å². The zero-order valence-electron chi connectivity index (χ0n) is 12.7. The molecule has 0 unspecified atom stereocenters. The van der Waals surface area contributed by atoms with Gasteiger partial charge in [0.25, 0.3) is 0 Å². The number of aliphatic hydroxyl groups is 2. The minimum Gasteiger partial charge on any atom is -0.387 e. The normalized spacial score (nSPS) is 30.5. The van der Waals surface area contributed by atoms with Crippen molar-refractivity contribution < 1.29 is 10.2 Å². The Morgan fingerprint density at radius 3 is 2.15 bits per heavy atom. The van der Waals surface area contributed by atoms with Crippen molar-refractivity contribution in [1.82, 2.24) is 0 Å². The highest BCUT2D eigenvalue weighted by Crippen LogP contribution is 2.39. The molecule has 0 aromatic heterocycles. The van der Waals surface area contributed by atoms with Crippen LogP contribution >= 0.6 is 0 Å². The summed E-state index contributed by atoms with van der Waals surface area (Å²) in [4.78, 5) is 0. The van der Waals surface area contributed by atoms with Crippen LogP contribution < -0.4 is 0 Å². The molecular weight excluding hydrogens is 248 g/mol. The molecule has 0 fully saturated rings. The van der Waals surface area contributed by atoms with Crippen LogP contribution in [0.1, 0.15) is 64.2 Å². The molecule has 0 bridgehead atoms. The van der Waals surface area contributed by atoms with E-state index in [2.05, 4.69) is 25.3 Å². The van der Waals surface area contributed by atoms with Gasteiger partial charge in [-0.1, -0.05) is 37.1 Å². The van der Waals surface area contributed by atoms with Gasteiger partial charge in [-0.25, -0.2) is 0 Å². The molecule has 0 aliphatic heterocycles. The van der Waals surface area contributed by atoms with E-state index in [1.54, 1.807) is 6.08 Å². The lowest BCUT2D eigenvalue weighted by molar-refractivity contribution is -0.163. The van der Waals surface area contributed by atoms with Crippen LogP contribution in [0.3, 0.4) is 0 Å². The third-order valence-electron chi connectivity index (χ3n) is 4.46. The predicted molar refractivity (Wildman–Crippen MR) is 85.6 cm³/mol. The van der Waals surface area contributed by atoms with Crippen molar-refractivity contribution in [1.29, 1.82) is 0 Å². The Morgan fingerprint density at radius 2 is 1.55 bits per heavy atom. The van der Waals surface area contributed by atoms with Gasteiger partial charge in [0.05, 0.1) is 11.2 Å². The third kappa shape index (κ3) is 4.60. The van der Waals surface area contributed by atoms with Crippen LogP contribution in [0.15, 0.2) is 37.5 Å². The number of allylic oxidation sites excluding steroid dienone is 3. The quantitative estimate of drug-likeness (QED) is 0.513. The highest BCUT2D eigenvalue weighted by atomic mass is 16.4. The van der Waals surface area contributed by atoms with E-state index in [4.69, 9.17) is 0 Å². The van der Waals surface area contributed by atoms with Gasteiger partial charge in [-0.05, 0) is 51.4 Å². The molecule has 0 saturated heterocycles. The molecule has 1 aliphatic carbocycles. The number of unbranched alkanes of at least 4 members (excludes halogenated alkanes) is 3. The number of hydrogen-bond acceptors (Lipinski definition) is 2. The van der Waals surface area contributed by atoms with Gasteiger partial charge in [-0.15, -0.1) is 13.2 Å². The van der Waals surface area contributed by atoms with Crippen molar-refractivity contribution in [2.45, 2.75) is 75.4 Å². The van der Waals surface area contributed by atoms with Gasteiger partial charge in [0.1, 0.15) is 0 Å². The predicted octanol–water partition coefficient (Wildman–Crippen LogP) is 4.29. The summed E-state index contributed by atoms with van der Waals surface area (Å²) < 4.78 is 0. The maximum absolute atomic E-state index is 11.0. The van der Waals surface area contributed by atoms with E-state index in [0.29, 0.717) is 25.7 Å². The second-order valence-electron chi connectivity index (χ2n) is 5.99. The van der Waals surface area contributed by atoms with E-state index in [1.165, 1.54) is 0 Å². The average molecular weight is 278 g/mol. The van der Waals surface area contributed by atoms with Crippen LogP contribution in [0, 0.1) is 0 Å². The Morgan fingerprint density at radius 1 is 0.900 bits per heavy atom. The largest absolute Gasteiger partial charge is 0.387 e. The molecule has 0 aromatic rings. The Kier molecular flexibility index (Phi) is 7.25. The molecule has 2 N–H and O–H groups in total. The van der Waals surface area contributed by atoms with Crippen LogP contribution in [0.4, 0.5) is 0 Å². The minimum absolute atomic E-state index is 0.462. The van der Waals surface area contributed by atoms with E-state index in [0.717, 1.165) is 38.5 Å². The van der Waals surface area contributed by atoms with Crippen molar-refractivity contribution >= 4 is 0 Å². The van der Waals surface area contributed by atoms with Crippen LogP contribution in [-0.4, -0.2) is 21.4 Å². The SMILES string of the molecule is C=CCCCCC[C@]1(O)CCC=CCC[C@]1(O)CC=C. The van der Waals surface area contributed by atoms with Crippen molar-refractivity contribution in [2.75, 3.05) is 0 Å². The van der Waals surface area contributed by atoms with Crippen molar-refractivity contribution in [3.05, 3.63) is 37.5 Å². The molecule has 2 heteroatoms. The van der Waals surface area contributed by atoms with Crippen molar-refractivity contribution in [2.24, 2.45) is 0 Å². The van der Waals surface area contributed by atoms with Crippen LogP contribution in [0.5, 0.6) is 0 Å². The lowest BCUT2D eigenvalue weighted by Gasteiger charge is -2.44. The van der Waals surface area contributed by atoms with Gasteiger partial charge < -0.3 is 10.2 Å². The minimum atomic E-state index is -1.03. The molecule has 0 heterocycles. The van der Waals surface area contributed by atoms with Gasteiger partial charge in [0.2, 0.25) is 0 Å². The molecule has 1 rings (SSSR count). The molecule has 2 nitrogen and oxygen atoms in total. The summed E-state index contributed by atoms with van der Waals surface area (Å²) in [6.07, 6.45) is 16.1. The summed E-state index contributed by atoms with van der Waals surface area (Å²) in [5.41, 5.74) is -2.02. The lowest BCUT2D eigenvalue weighted by Crippen LogP contribution is -2.54. The average Bonchev–Trinajstić information content (AvgIpc) is 2.41. The second-order valence-corrected chi connectivity index (χ2v) is 5.99. The molecule has 114 valence electrons. The van der Waals surface area contributed by atoms with Crippen LogP contribution in [0.2, 0.25) is 0 Å². The maximum atomic E-state index is 11.0. The monoisotopic (exact) mass is 278 g/mol.